The smallest absolute Gasteiger partial charge is 0.381 e. The topological polar surface area (TPSA) is 63.4 Å². The molecule has 1 atom stereocenters. The Morgan fingerprint density at radius 2 is 2.24 bits per heavy atom. The van der Waals surface area contributed by atoms with Crippen molar-refractivity contribution in [2.75, 3.05) is 37.1 Å². The molecule has 1 fully saturated rings. The number of nitrogens with one attached hydrogen (secondary N) is 1. The van der Waals surface area contributed by atoms with Gasteiger partial charge >= 0.3 is 6.18 Å². The van der Waals surface area contributed by atoms with Crippen molar-refractivity contribution in [2.45, 2.75) is 19.0 Å². The number of aromatic nitrogens is 1. The largest absolute Gasteiger partial charge is 0.416 e. The van der Waals surface area contributed by atoms with E-state index in [1.54, 1.807) is 11.9 Å². The first-order valence-corrected chi connectivity index (χ1v) is 6.75. The first-order valence-electron chi connectivity index (χ1n) is 6.75. The van der Waals surface area contributed by atoms with E-state index in [1.165, 1.54) is 0 Å². The molecule has 21 heavy (non-hydrogen) atoms. The first-order chi connectivity index (χ1) is 9.90. The van der Waals surface area contributed by atoms with Crippen LogP contribution in [-0.2, 0) is 10.9 Å². The molecule has 0 radical (unpaired) electrons. The SMILES string of the molecule is CN(CC1CCCOC1)c1cc(C(F)(F)F)cc(NN)n1. The zero-order valence-electron chi connectivity index (χ0n) is 11.8. The van der Waals surface area contributed by atoms with Crippen molar-refractivity contribution in [3.63, 3.8) is 0 Å². The molecule has 1 aliphatic rings. The summed E-state index contributed by atoms with van der Waals surface area (Å²) in [7, 11) is 1.72. The monoisotopic (exact) mass is 304 g/mol. The van der Waals surface area contributed by atoms with Gasteiger partial charge in [0.25, 0.3) is 0 Å². The van der Waals surface area contributed by atoms with Crippen molar-refractivity contribution < 1.29 is 17.9 Å². The molecule has 8 heteroatoms. The number of hydrazine groups is 1. The van der Waals surface area contributed by atoms with E-state index in [9.17, 15) is 13.2 Å². The summed E-state index contributed by atoms with van der Waals surface area (Å²) in [6.45, 7) is 1.98. The van der Waals surface area contributed by atoms with E-state index in [4.69, 9.17) is 10.6 Å². The predicted octanol–water partition coefficient (Wildman–Crippen LogP) is 2.25. The van der Waals surface area contributed by atoms with Crippen LogP contribution in [0.4, 0.5) is 24.8 Å². The maximum Gasteiger partial charge on any atom is 0.416 e. The highest BCUT2D eigenvalue weighted by Gasteiger charge is 2.32. The van der Waals surface area contributed by atoms with Crippen LogP contribution in [0.5, 0.6) is 0 Å². The fraction of sp³-hybridized carbons (Fsp3) is 0.615. The van der Waals surface area contributed by atoms with E-state index in [0.717, 1.165) is 31.6 Å². The molecule has 0 aliphatic carbocycles. The Hall–Kier alpha value is -1.54. The van der Waals surface area contributed by atoms with E-state index in [0.29, 0.717) is 19.1 Å². The Kier molecular flexibility index (Phi) is 4.89. The van der Waals surface area contributed by atoms with Gasteiger partial charge in [0.2, 0.25) is 0 Å². The zero-order valence-corrected chi connectivity index (χ0v) is 11.8. The van der Waals surface area contributed by atoms with Crippen LogP contribution in [0.3, 0.4) is 0 Å². The van der Waals surface area contributed by atoms with Crippen LogP contribution in [-0.4, -0.2) is 31.8 Å². The van der Waals surface area contributed by atoms with E-state index < -0.39 is 11.7 Å². The second-order valence-corrected chi connectivity index (χ2v) is 5.21. The highest BCUT2D eigenvalue weighted by Crippen LogP contribution is 2.32. The highest BCUT2D eigenvalue weighted by atomic mass is 19.4. The third kappa shape index (κ3) is 4.21. The number of alkyl halides is 3. The van der Waals surface area contributed by atoms with Gasteiger partial charge in [-0.05, 0) is 30.9 Å². The van der Waals surface area contributed by atoms with E-state index in [-0.39, 0.29) is 11.6 Å². The second kappa shape index (κ2) is 6.48. The molecule has 1 aromatic heterocycles. The van der Waals surface area contributed by atoms with Gasteiger partial charge in [0.1, 0.15) is 11.6 Å². The van der Waals surface area contributed by atoms with Crippen LogP contribution in [0.2, 0.25) is 0 Å². The normalized spacial score (nSPS) is 19.4. The number of anilines is 2. The minimum atomic E-state index is -4.43. The molecule has 0 spiro atoms. The standard InChI is InChI=1S/C13H19F3N4O/c1-20(7-9-3-2-4-21-8-9)12-6-10(13(14,15)16)5-11(18-12)19-17/h5-6,9H,2-4,7-8,17H2,1H3,(H,18,19). The van der Waals surface area contributed by atoms with Gasteiger partial charge in [0.05, 0.1) is 12.2 Å². The van der Waals surface area contributed by atoms with E-state index in [2.05, 4.69) is 10.4 Å². The number of nitrogens with two attached hydrogens (primary N) is 1. The number of ether oxygens (including phenoxy) is 1. The summed E-state index contributed by atoms with van der Waals surface area (Å²) in [5.41, 5.74) is 1.40. The van der Waals surface area contributed by atoms with Crippen LogP contribution in [0.25, 0.3) is 0 Å². The minimum Gasteiger partial charge on any atom is -0.381 e. The summed E-state index contributed by atoms with van der Waals surface area (Å²) in [5.74, 6) is 5.73. The number of pyridine rings is 1. The van der Waals surface area contributed by atoms with Crippen molar-refractivity contribution in [3.05, 3.63) is 17.7 Å². The van der Waals surface area contributed by atoms with Crippen LogP contribution in [0.1, 0.15) is 18.4 Å². The molecular weight excluding hydrogens is 285 g/mol. The molecule has 0 saturated carbocycles. The number of hydrogen-bond acceptors (Lipinski definition) is 5. The average Bonchev–Trinajstić information content (AvgIpc) is 2.46. The summed E-state index contributed by atoms with van der Waals surface area (Å²) < 4.78 is 44.0. The molecule has 0 aromatic carbocycles. The molecule has 0 bridgehead atoms. The van der Waals surface area contributed by atoms with E-state index >= 15 is 0 Å². The Morgan fingerprint density at radius 1 is 1.48 bits per heavy atom. The van der Waals surface area contributed by atoms with Crippen LogP contribution in [0, 0.1) is 5.92 Å². The van der Waals surface area contributed by atoms with Gasteiger partial charge < -0.3 is 15.1 Å². The van der Waals surface area contributed by atoms with Gasteiger partial charge in [0, 0.05) is 20.2 Å². The van der Waals surface area contributed by atoms with E-state index in [1.807, 2.05) is 0 Å². The molecule has 5 nitrogen and oxygen atoms in total. The molecule has 118 valence electrons. The lowest BCUT2D eigenvalue weighted by atomic mass is 10.0. The summed E-state index contributed by atoms with van der Waals surface area (Å²) in [5, 5.41) is 0. The number of rotatable bonds is 4. The van der Waals surface area contributed by atoms with Crippen LogP contribution >= 0.6 is 0 Å². The van der Waals surface area contributed by atoms with Crippen molar-refractivity contribution in [2.24, 2.45) is 11.8 Å². The Labute approximate surface area is 121 Å². The fourth-order valence-electron chi connectivity index (χ4n) is 2.38. The summed E-state index contributed by atoms with van der Waals surface area (Å²) in [6, 6.07) is 1.92. The van der Waals surface area contributed by atoms with Gasteiger partial charge in [-0.3, -0.25) is 0 Å². The zero-order chi connectivity index (χ0) is 15.5. The lowest BCUT2D eigenvalue weighted by Gasteiger charge is -2.28. The Bertz CT molecular complexity index is 475. The lowest BCUT2D eigenvalue weighted by Crippen LogP contribution is -2.31. The van der Waals surface area contributed by atoms with Crippen LogP contribution in [0.15, 0.2) is 12.1 Å². The summed E-state index contributed by atoms with van der Waals surface area (Å²) >= 11 is 0. The average molecular weight is 304 g/mol. The quantitative estimate of drug-likeness (QED) is 0.660. The van der Waals surface area contributed by atoms with Gasteiger partial charge in [-0.1, -0.05) is 0 Å². The van der Waals surface area contributed by atoms with Crippen molar-refractivity contribution in [1.82, 2.24) is 4.98 Å². The molecule has 3 N–H and O–H groups in total. The molecular formula is C13H19F3N4O. The van der Waals surface area contributed by atoms with Crippen molar-refractivity contribution in [1.29, 1.82) is 0 Å². The van der Waals surface area contributed by atoms with Crippen molar-refractivity contribution in [3.8, 4) is 0 Å². The number of nitrogens with zero attached hydrogens (tertiary/aromatic N) is 2. The number of halogens is 3. The molecule has 1 aromatic rings. The van der Waals surface area contributed by atoms with Crippen LogP contribution < -0.4 is 16.2 Å². The molecule has 2 rings (SSSR count). The lowest BCUT2D eigenvalue weighted by molar-refractivity contribution is -0.137. The summed E-state index contributed by atoms with van der Waals surface area (Å²) in [6.07, 6.45) is -2.45. The molecule has 2 heterocycles. The molecule has 1 saturated heterocycles. The maximum atomic E-state index is 12.9. The molecule has 1 aliphatic heterocycles. The minimum absolute atomic E-state index is 0.00781. The highest BCUT2D eigenvalue weighted by molar-refractivity contribution is 5.50. The maximum absolute atomic E-state index is 12.9. The van der Waals surface area contributed by atoms with Gasteiger partial charge in [-0.2, -0.15) is 13.2 Å². The third-order valence-corrected chi connectivity index (χ3v) is 3.46. The fourth-order valence-corrected chi connectivity index (χ4v) is 2.38. The second-order valence-electron chi connectivity index (χ2n) is 5.21. The molecule has 0 amide bonds. The third-order valence-electron chi connectivity index (χ3n) is 3.46. The van der Waals surface area contributed by atoms with Crippen molar-refractivity contribution >= 4 is 11.6 Å². The first kappa shape index (κ1) is 15.8. The van der Waals surface area contributed by atoms with Gasteiger partial charge in [0.15, 0.2) is 0 Å². The Balaban J connectivity index is 2.17. The number of nitrogen functional groups attached to an aromatic ring is 1. The Morgan fingerprint density at radius 3 is 2.81 bits per heavy atom. The molecule has 1 unspecified atom stereocenters. The van der Waals surface area contributed by atoms with Gasteiger partial charge in [-0.15, -0.1) is 0 Å². The number of hydrogen-bond donors (Lipinski definition) is 2. The predicted molar refractivity (Wildman–Crippen MR) is 73.9 cm³/mol. The summed E-state index contributed by atoms with van der Waals surface area (Å²) in [4.78, 5) is 5.78. The van der Waals surface area contributed by atoms with Gasteiger partial charge in [-0.25, -0.2) is 10.8 Å².